The summed E-state index contributed by atoms with van der Waals surface area (Å²) in [4.78, 5) is 6.52. The van der Waals surface area contributed by atoms with Crippen LogP contribution in [-0.2, 0) is 17.1 Å². The quantitative estimate of drug-likeness (QED) is 0.417. The van der Waals surface area contributed by atoms with Gasteiger partial charge in [-0.2, -0.15) is 0 Å². The average molecular weight is 248 g/mol. The molecule has 0 atom stereocenters. The summed E-state index contributed by atoms with van der Waals surface area (Å²) in [5, 5.41) is 4.23. The Morgan fingerprint density at radius 2 is 1.71 bits per heavy atom. The van der Waals surface area contributed by atoms with Crippen molar-refractivity contribution >= 4 is 6.34 Å². The second-order valence-electron chi connectivity index (χ2n) is 4.04. The summed E-state index contributed by atoms with van der Waals surface area (Å²) in [6.07, 6.45) is 1.68. The predicted molar refractivity (Wildman–Crippen MR) is 59.4 cm³/mol. The molecule has 0 aliphatic rings. The van der Waals surface area contributed by atoms with Crippen LogP contribution in [0.4, 0.5) is 0 Å². The third-order valence-electron chi connectivity index (χ3n) is 1.70. The van der Waals surface area contributed by atoms with Crippen molar-refractivity contribution < 1.29 is 17.1 Å². The Kier molecular flexibility index (Phi) is 9.68. The molecule has 0 unspecified atom stereocenters. The molecule has 0 aliphatic carbocycles. The predicted octanol–water partition coefficient (Wildman–Crippen LogP) is 2.48. The van der Waals surface area contributed by atoms with Crippen LogP contribution in [0.5, 0.6) is 0 Å². The molecule has 0 saturated carbocycles. The Balaban J connectivity index is 0. The van der Waals surface area contributed by atoms with Crippen molar-refractivity contribution in [3.05, 3.63) is 5.32 Å². The van der Waals surface area contributed by atoms with E-state index in [2.05, 4.69) is 49.8 Å². The van der Waals surface area contributed by atoms with Crippen LogP contribution in [0, 0.1) is 0 Å². The molecule has 4 heteroatoms. The van der Waals surface area contributed by atoms with Crippen molar-refractivity contribution in [2.45, 2.75) is 40.2 Å². The second-order valence-corrected chi connectivity index (χ2v) is 4.04. The van der Waals surface area contributed by atoms with Crippen molar-refractivity contribution in [2.75, 3.05) is 19.8 Å². The first-order valence-electron chi connectivity index (χ1n) is 4.92. The molecule has 0 amide bonds. The topological polar surface area (TPSA) is 29.7 Å². The monoisotopic (exact) mass is 247 g/mol. The third-order valence-corrected chi connectivity index (χ3v) is 1.70. The van der Waals surface area contributed by atoms with Gasteiger partial charge in [0.2, 0.25) is 0 Å². The van der Waals surface area contributed by atoms with E-state index in [-0.39, 0.29) is 22.6 Å². The molecule has 0 bridgehead atoms. The van der Waals surface area contributed by atoms with Gasteiger partial charge in [-0.3, -0.25) is 0 Å². The van der Waals surface area contributed by atoms with E-state index in [0.29, 0.717) is 0 Å². The average Bonchev–Trinajstić information content (AvgIpc) is 2.03. The largest absolute Gasteiger partial charge is 1.00 e. The zero-order chi connectivity index (χ0) is 10.3. The van der Waals surface area contributed by atoms with Gasteiger partial charge >= 0.3 is 17.1 Å². The first kappa shape index (κ1) is 16.4. The molecule has 0 aliphatic heterocycles. The molecule has 0 rings (SSSR count). The van der Waals surface area contributed by atoms with Gasteiger partial charge in [-0.05, 0) is 18.6 Å². The van der Waals surface area contributed by atoms with Gasteiger partial charge in [-0.1, -0.05) is 34.6 Å². The number of nitrogens with zero attached hydrogens (tertiary/aromatic N) is 3. The Morgan fingerprint density at radius 1 is 1.21 bits per heavy atom. The van der Waals surface area contributed by atoms with Crippen LogP contribution in [0.15, 0.2) is 4.99 Å². The fraction of sp³-hybridized carbons (Fsp3) is 0.900. The molecule has 0 aromatic rings. The summed E-state index contributed by atoms with van der Waals surface area (Å²) in [7, 11) is 0. The fourth-order valence-corrected chi connectivity index (χ4v) is 0.790. The minimum atomic E-state index is -0.00718. The maximum absolute atomic E-state index is 4.28. The molecular formula is C10H22CuN3. The molecule has 88 valence electrons. The van der Waals surface area contributed by atoms with E-state index < -0.39 is 0 Å². The Bertz CT molecular complexity index is 148. The van der Waals surface area contributed by atoms with E-state index in [1.807, 2.05) is 0 Å². The van der Waals surface area contributed by atoms with E-state index in [4.69, 9.17) is 0 Å². The van der Waals surface area contributed by atoms with Gasteiger partial charge in [0.05, 0.1) is 0 Å². The van der Waals surface area contributed by atoms with Crippen LogP contribution in [0.25, 0.3) is 5.32 Å². The number of aliphatic imine (C=N–C) groups is 1. The van der Waals surface area contributed by atoms with E-state index in [1.54, 1.807) is 6.34 Å². The van der Waals surface area contributed by atoms with Gasteiger partial charge in [0.25, 0.3) is 0 Å². The Morgan fingerprint density at radius 3 is 2.07 bits per heavy atom. The van der Waals surface area contributed by atoms with Gasteiger partial charge < -0.3 is 15.2 Å². The van der Waals surface area contributed by atoms with Crippen molar-refractivity contribution in [1.82, 2.24) is 4.90 Å². The zero-order valence-electron chi connectivity index (χ0n) is 9.84. The van der Waals surface area contributed by atoms with Gasteiger partial charge in [-0.25, -0.2) is 0 Å². The van der Waals surface area contributed by atoms with Crippen molar-refractivity contribution in [3.63, 3.8) is 0 Å². The summed E-state index contributed by atoms with van der Waals surface area (Å²) in [5.74, 6) is 0. The molecule has 0 spiro atoms. The molecule has 3 nitrogen and oxygen atoms in total. The SMILES string of the molecule is CCN(CC)C[N-]C=NC(C)(C)C.[Cu+]. The normalized spacial score (nSPS) is 11.9. The van der Waals surface area contributed by atoms with Gasteiger partial charge in [-0.15, -0.1) is 6.34 Å². The molecule has 0 aromatic carbocycles. The molecule has 0 N–H and O–H groups in total. The molecular weight excluding hydrogens is 226 g/mol. The number of rotatable bonds is 5. The van der Waals surface area contributed by atoms with Crippen molar-refractivity contribution in [2.24, 2.45) is 4.99 Å². The molecule has 0 fully saturated rings. The van der Waals surface area contributed by atoms with Crippen LogP contribution < -0.4 is 0 Å². The fourth-order valence-electron chi connectivity index (χ4n) is 0.790. The summed E-state index contributed by atoms with van der Waals surface area (Å²) >= 11 is 0. The molecule has 0 saturated heterocycles. The number of hydrogen-bond donors (Lipinski definition) is 0. The first-order chi connectivity index (χ1) is 5.99. The van der Waals surface area contributed by atoms with Gasteiger partial charge in [0.15, 0.2) is 0 Å². The summed E-state index contributed by atoms with van der Waals surface area (Å²) in [5.41, 5.74) is -0.00718. The van der Waals surface area contributed by atoms with Gasteiger partial charge in [0.1, 0.15) is 0 Å². The molecule has 0 heterocycles. The summed E-state index contributed by atoms with van der Waals surface area (Å²) in [6.45, 7) is 13.3. The minimum absolute atomic E-state index is 0. The summed E-state index contributed by atoms with van der Waals surface area (Å²) in [6, 6.07) is 0. The van der Waals surface area contributed by atoms with E-state index in [1.165, 1.54) is 0 Å². The summed E-state index contributed by atoms with van der Waals surface area (Å²) < 4.78 is 0. The molecule has 14 heavy (non-hydrogen) atoms. The zero-order valence-corrected chi connectivity index (χ0v) is 10.8. The maximum atomic E-state index is 4.28. The Hall–Kier alpha value is -0.0505. The maximum Gasteiger partial charge on any atom is 1.00 e. The van der Waals surface area contributed by atoms with E-state index >= 15 is 0 Å². The van der Waals surface area contributed by atoms with E-state index in [9.17, 15) is 0 Å². The van der Waals surface area contributed by atoms with Crippen LogP contribution in [0.1, 0.15) is 34.6 Å². The molecule has 0 aromatic heterocycles. The smallest absolute Gasteiger partial charge is 0.466 e. The molecule has 0 radical (unpaired) electrons. The second kappa shape index (κ2) is 8.27. The van der Waals surface area contributed by atoms with Gasteiger partial charge in [0, 0.05) is 6.67 Å². The van der Waals surface area contributed by atoms with Crippen LogP contribution in [-0.4, -0.2) is 36.5 Å². The standard InChI is InChI=1S/C10H22N3.Cu/c1-6-13(7-2)9-11-8-12-10(3,4)5;/h8H,6-7,9H2,1-5H3;/q-1;+1. The number of hydrogen-bond acceptors (Lipinski definition) is 2. The van der Waals surface area contributed by atoms with Crippen molar-refractivity contribution in [3.8, 4) is 0 Å². The van der Waals surface area contributed by atoms with Crippen LogP contribution in [0.3, 0.4) is 0 Å². The Labute approximate surface area is 98.8 Å². The third kappa shape index (κ3) is 10.0. The minimum Gasteiger partial charge on any atom is -0.466 e. The van der Waals surface area contributed by atoms with Crippen molar-refractivity contribution in [1.29, 1.82) is 0 Å². The first-order valence-corrected chi connectivity index (χ1v) is 4.92. The van der Waals surface area contributed by atoms with E-state index in [0.717, 1.165) is 19.8 Å². The van der Waals surface area contributed by atoms with Crippen LogP contribution in [0.2, 0.25) is 0 Å². The van der Waals surface area contributed by atoms with Crippen LogP contribution >= 0.6 is 0 Å².